The van der Waals surface area contributed by atoms with Gasteiger partial charge in [0.2, 0.25) is 5.82 Å². The third-order valence-corrected chi connectivity index (χ3v) is 5.31. The topological polar surface area (TPSA) is 98.5 Å². The van der Waals surface area contributed by atoms with Crippen molar-refractivity contribution in [2.45, 2.75) is 39.8 Å². The van der Waals surface area contributed by atoms with Gasteiger partial charge in [0.15, 0.2) is 0 Å². The molecule has 0 fully saturated rings. The zero-order chi connectivity index (χ0) is 21.8. The standard InChI is InChI=1S/C23H24N6O2/c1-3-7-18-14-21(30)28(4-2)23(31)29(18)15-16-10-12-17(13-11-16)19-8-5-6-9-20(19)22-24-26-27-25-22/h5-6,8-14H,3-4,7,15H2,1-2H3,(H,24,25,26,27). The summed E-state index contributed by atoms with van der Waals surface area (Å²) in [7, 11) is 0. The van der Waals surface area contributed by atoms with Crippen LogP contribution in [0.1, 0.15) is 31.5 Å². The van der Waals surface area contributed by atoms with Gasteiger partial charge in [0, 0.05) is 23.9 Å². The molecule has 0 unspecified atom stereocenters. The first-order chi connectivity index (χ1) is 15.1. The predicted octanol–water partition coefficient (Wildman–Crippen LogP) is 2.88. The lowest BCUT2D eigenvalue weighted by Crippen LogP contribution is -2.40. The maximum Gasteiger partial charge on any atom is 0.331 e. The van der Waals surface area contributed by atoms with Crippen molar-refractivity contribution in [3.8, 4) is 22.5 Å². The fraction of sp³-hybridized carbons (Fsp3) is 0.261. The number of benzene rings is 2. The van der Waals surface area contributed by atoms with E-state index < -0.39 is 0 Å². The molecule has 0 bridgehead atoms. The largest absolute Gasteiger partial charge is 0.331 e. The molecule has 4 aromatic rings. The molecule has 4 rings (SSSR count). The maximum absolute atomic E-state index is 12.9. The molecule has 1 N–H and O–H groups in total. The quantitative estimate of drug-likeness (QED) is 0.499. The molecule has 31 heavy (non-hydrogen) atoms. The fourth-order valence-corrected chi connectivity index (χ4v) is 3.76. The molecule has 8 heteroatoms. The van der Waals surface area contributed by atoms with Gasteiger partial charge in [-0.2, -0.15) is 5.21 Å². The van der Waals surface area contributed by atoms with Gasteiger partial charge >= 0.3 is 5.69 Å². The molecule has 0 radical (unpaired) electrons. The van der Waals surface area contributed by atoms with Crippen molar-refractivity contribution in [2.75, 3.05) is 0 Å². The summed E-state index contributed by atoms with van der Waals surface area (Å²) in [5.74, 6) is 0.539. The summed E-state index contributed by atoms with van der Waals surface area (Å²) in [5, 5.41) is 14.3. The van der Waals surface area contributed by atoms with Crippen LogP contribution >= 0.6 is 0 Å². The highest BCUT2D eigenvalue weighted by atomic mass is 16.2. The Kier molecular flexibility index (Phi) is 5.88. The van der Waals surface area contributed by atoms with Crippen molar-refractivity contribution in [3.05, 3.63) is 86.7 Å². The summed E-state index contributed by atoms with van der Waals surface area (Å²) in [6.07, 6.45) is 1.55. The first-order valence-electron chi connectivity index (χ1n) is 10.4. The van der Waals surface area contributed by atoms with Crippen LogP contribution in [0.25, 0.3) is 22.5 Å². The summed E-state index contributed by atoms with van der Waals surface area (Å²) in [4.78, 5) is 25.1. The normalized spacial score (nSPS) is 11.0. The Hall–Kier alpha value is -3.81. The zero-order valence-corrected chi connectivity index (χ0v) is 17.6. The monoisotopic (exact) mass is 416 g/mol. The van der Waals surface area contributed by atoms with Crippen LogP contribution in [0, 0.1) is 0 Å². The van der Waals surface area contributed by atoms with E-state index in [1.54, 1.807) is 10.6 Å². The smallest absolute Gasteiger partial charge is 0.293 e. The average molecular weight is 416 g/mol. The first kappa shape index (κ1) is 20.5. The lowest BCUT2D eigenvalue weighted by molar-refractivity contribution is 0.571. The molecule has 0 spiro atoms. The van der Waals surface area contributed by atoms with Crippen molar-refractivity contribution < 1.29 is 0 Å². The van der Waals surface area contributed by atoms with Crippen molar-refractivity contribution >= 4 is 0 Å². The van der Waals surface area contributed by atoms with Gasteiger partial charge in [-0.25, -0.2) is 4.79 Å². The predicted molar refractivity (Wildman–Crippen MR) is 119 cm³/mol. The van der Waals surface area contributed by atoms with Crippen LogP contribution < -0.4 is 11.2 Å². The maximum atomic E-state index is 12.9. The van der Waals surface area contributed by atoms with E-state index in [-0.39, 0.29) is 11.2 Å². The van der Waals surface area contributed by atoms with E-state index in [1.807, 2.05) is 62.4 Å². The minimum Gasteiger partial charge on any atom is -0.293 e. The summed E-state index contributed by atoms with van der Waals surface area (Å²) in [6.45, 7) is 4.62. The second kappa shape index (κ2) is 8.91. The molecule has 158 valence electrons. The molecule has 0 amide bonds. The zero-order valence-electron chi connectivity index (χ0n) is 17.6. The minimum atomic E-state index is -0.259. The average Bonchev–Trinajstić information content (AvgIpc) is 3.32. The molecule has 8 nitrogen and oxygen atoms in total. The van der Waals surface area contributed by atoms with Crippen molar-refractivity contribution in [1.29, 1.82) is 0 Å². The second-order valence-corrected chi connectivity index (χ2v) is 7.31. The minimum absolute atomic E-state index is 0.236. The Bertz CT molecular complexity index is 1290. The van der Waals surface area contributed by atoms with E-state index in [0.717, 1.165) is 34.4 Å². The molecule has 0 atom stereocenters. The van der Waals surface area contributed by atoms with Crippen molar-refractivity contribution in [3.63, 3.8) is 0 Å². The van der Waals surface area contributed by atoms with E-state index in [4.69, 9.17) is 0 Å². The number of aromatic nitrogens is 6. The van der Waals surface area contributed by atoms with Crippen LogP contribution in [0.4, 0.5) is 0 Å². The lowest BCUT2D eigenvalue weighted by atomic mass is 9.98. The molecule has 2 aromatic heterocycles. The Morgan fingerprint density at radius 3 is 2.32 bits per heavy atom. The van der Waals surface area contributed by atoms with E-state index in [9.17, 15) is 9.59 Å². The lowest BCUT2D eigenvalue weighted by Gasteiger charge is -2.15. The van der Waals surface area contributed by atoms with E-state index in [2.05, 4.69) is 20.6 Å². The fourth-order valence-electron chi connectivity index (χ4n) is 3.76. The van der Waals surface area contributed by atoms with Gasteiger partial charge in [-0.05, 0) is 35.2 Å². The Morgan fingerprint density at radius 1 is 0.935 bits per heavy atom. The summed E-state index contributed by atoms with van der Waals surface area (Å²) < 4.78 is 2.98. The van der Waals surface area contributed by atoms with Crippen molar-refractivity contribution in [2.24, 2.45) is 0 Å². The number of aromatic amines is 1. The van der Waals surface area contributed by atoms with Gasteiger partial charge < -0.3 is 0 Å². The molecular weight excluding hydrogens is 392 g/mol. The van der Waals surface area contributed by atoms with Gasteiger partial charge in [0.25, 0.3) is 5.56 Å². The molecule has 0 aliphatic heterocycles. The number of H-pyrrole nitrogens is 1. The molecular formula is C23H24N6O2. The van der Waals surface area contributed by atoms with Gasteiger partial charge in [-0.15, -0.1) is 10.2 Å². The number of nitrogens with one attached hydrogen (secondary N) is 1. The first-order valence-corrected chi connectivity index (χ1v) is 10.4. The molecule has 0 saturated carbocycles. The third-order valence-electron chi connectivity index (χ3n) is 5.31. The number of rotatable bonds is 7. The number of hydrogen-bond donors (Lipinski definition) is 1. The molecule has 2 aromatic carbocycles. The number of aryl methyl sites for hydroxylation is 1. The highest BCUT2D eigenvalue weighted by Crippen LogP contribution is 2.29. The highest BCUT2D eigenvalue weighted by Gasteiger charge is 2.13. The molecule has 0 aliphatic rings. The molecule has 2 heterocycles. The van der Waals surface area contributed by atoms with Gasteiger partial charge in [0.05, 0.1) is 6.54 Å². The summed E-state index contributed by atoms with van der Waals surface area (Å²) in [6, 6.07) is 17.5. The summed E-state index contributed by atoms with van der Waals surface area (Å²) in [5.41, 5.74) is 4.17. The van der Waals surface area contributed by atoms with Gasteiger partial charge in [-0.3, -0.25) is 13.9 Å². The number of nitrogens with zero attached hydrogens (tertiary/aromatic N) is 5. The molecule has 0 saturated heterocycles. The van der Waals surface area contributed by atoms with Gasteiger partial charge in [0.1, 0.15) is 0 Å². The van der Waals surface area contributed by atoms with Crippen molar-refractivity contribution in [1.82, 2.24) is 29.8 Å². The van der Waals surface area contributed by atoms with E-state index >= 15 is 0 Å². The Morgan fingerprint density at radius 2 is 1.68 bits per heavy atom. The van der Waals surface area contributed by atoms with Crippen LogP contribution in [-0.2, 0) is 19.5 Å². The highest BCUT2D eigenvalue weighted by molar-refractivity contribution is 5.80. The van der Waals surface area contributed by atoms with Crippen LogP contribution in [0.3, 0.4) is 0 Å². The Balaban J connectivity index is 1.69. The van der Waals surface area contributed by atoms with E-state index in [1.165, 1.54) is 4.57 Å². The van der Waals surface area contributed by atoms with Gasteiger partial charge in [-0.1, -0.05) is 61.9 Å². The second-order valence-electron chi connectivity index (χ2n) is 7.31. The van der Waals surface area contributed by atoms with Crippen LogP contribution in [0.2, 0.25) is 0 Å². The van der Waals surface area contributed by atoms with Crippen LogP contribution in [0.5, 0.6) is 0 Å². The third kappa shape index (κ3) is 4.09. The Labute approximate surface area is 179 Å². The van der Waals surface area contributed by atoms with Crippen LogP contribution in [-0.4, -0.2) is 29.8 Å². The number of tetrazole rings is 1. The van der Waals surface area contributed by atoms with Crippen LogP contribution in [0.15, 0.2) is 64.2 Å². The van der Waals surface area contributed by atoms with E-state index in [0.29, 0.717) is 25.3 Å². The number of hydrogen-bond acceptors (Lipinski definition) is 5. The SMILES string of the molecule is CCCc1cc(=O)n(CC)c(=O)n1Cc1ccc(-c2ccccc2-c2nn[nH]n2)cc1. The summed E-state index contributed by atoms with van der Waals surface area (Å²) >= 11 is 0. The molecule has 0 aliphatic carbocycles.